The van der Waals surface area contributed by atoms with Gasteiger partial charge in [0.15, 0.2) is 0 Å². The van der Waals surface area contributed by atoms with Crippen molar-refractivity contribution in [3.05, 3.63) is 64.7 Å². The monoisotopic (exact) mass is 393 g/mol. The van der Waals surface area contributed by atoms with Crippen LogP contribution >= 0.6 is 0 Å². The molecule has 2 heterocycles. The van der Waals surface area contributed by atoms with Crippen LogP contribution < -0.4 is 11.1 Å². The van der Waals surface area contributed by atoms with Crippen molar-refractivity contribution in [3.63, 3.8) is 0 Å². The zero-order valence-electron chi connectivity index (χ0n) is 14.8. The molecule has 0 aliphatic rings. The second-order valence-corrected chi connectivity index (χ2v) is 6.03. The first kappa shape index (κ1) is 19.3. The van der Waals surface area contributed by atoms with Gasteiger partial charge < -0.3 is 11.1 Å². The molecule has 3 rings (SSSR count). The number of aromatic nitrogens is 3. The Kier molecular flexibility index (Phi) is 4.80. The number of aryl methyl sites for hydroxylation is 1. The Morgan fingerprint density at radius 1 is 1.18 bits per heavy atom. The number of rotatable bonds is 3. The number of hydrogen-bond acceptors (Lipinski definition) is 4. The summed E-state index contributed by atoms with van der Waals surface area (Å²) in [7, 11) is 0. The third-order valence-corrected chi connectivity index (χ3v) is 4.12. The first-order valence-electron chi connectivity index (χ1n) is 8.04. The minimum Gasteiger partial charge on any atom is -0.383 e. The number of anilines is 2. The third kappa shape index (κ3) is 3.53. The van der Waals surface area contributed by atoms with E-state index in [2.05, 4.69) is 15.4 Å². The smallest absolute Gasteiger partial charge is 0.383 e. The number of pyridine rings is 1. The summed E-state index contributed by atoms with van der Waals surface area (Å²) in [5, 5.41) is 6.57. The quantitative estimate of drug-likeness (QED) is 0.662. The van der Waals surface area contributed by atoms with Gasteiger partial charge in [0, 0.05) is 11.8 Å². The molecule has 2 aromatic heterocycles. The summed E-state index contributed by atoms with van der Waals surface area (Å²) >= 11 is 0. The van der Waals surface area contributed by atoms with Crippen LogP contribution in [-0.2, 0) is 6.18 Å². The van der Waals surface area contributed by atoms with E-state index >= 15 is 0 Å². The van der Waals surface area contributed by atoms with E-state index in [0.717, 1.165) is 12.1 Å². The Bertz CT molecular complexity index is 1040. The van der Waals surface area contributed by atoms with Crippen LogP contribution in [0.4, 0.5) is 29.2 Å². The van der Waals surface area contributed by atoms with Gasteiger partial charge in [0.2, 0.25) is 0 Å². The van der Waals surface area contributed by atoms with Gasteiger partial charge in [-0.05, 0) is 38.1 Å². The number of nitrogen functional groups attached to an aromatic ring is 1. The van der Waals surface area contributed by atoms with Gasteiger partial charge in [0.1, 0.15) is 23.0 Å². The number of carbonyl (C=O) groups excluding carboxylic acids is 1. The van der Waals surface area contributed by atoms with Crippen molar-refractivity contribution in [2.24, 2.45) is 0 Å². The zero-order valence-corrected chi connectivity index (χ0v) is 14.8. The molecule has 146 valence electrons. The molecule has 1 aromatic carbocycles. The van der Waals surface area contributed by atoms with Crippen molar-refractivity contribution in [1.82, 2.24) is 14.8 Å². The first-order valence-corrected chi connectivity index (χ1v) is 8.04. The summed E-state index contributed by atoms with van der Waals surface area (Å²) in [5.74, 6) is -1.25. The van der Waals surface area contributed by atoms with Gasteiger partial charge in [-0.25, -0.2) is 14.1 Å². The molecule has 0 radical (unpaired) electrons. The molecule has 0 spiro atoms. The number of nitrogens with two attached hydrogens (primary N) is 1. The third-order valence-electron chi connectivity index (χ3n) is 4.12. The highest BCUT2D eigenvalue weighted by Crippen LogP contribution is 2.29. The summed E-state index contributed by atoms with van der Waals surface area (Å²) < 4.78 is 52.8. The second-order valence-electron chi connectivity index (χ2n) is 6.03. The lowest BCUT2D eigenvalue weighted by Gasteiger charge is -2.09. The molecule has 0 aliphatic carbocycles. The maximum Gasteiger partial charge on any atom is 0.417 e. The minimum atomic E-state index is -4.53. The highest BCUT2D eigenvalue weighted by molar-refractivity contribution is 6.07. The van der Waals surface area contributed by atoms with Crippen LogP contribution in [0.15, 0.2) is 36.5 Å². The standard InChI is InChI=1S/C18H15F4N5O/c1-9-12(19)4-3-5-13(9)27-16(23)15(10(2)26-27)17(28)25-14-7-6-11(8-24-14)18(20,21)22/h3-8H,23H2,1-2H3,(H,24,25,28). The molecular formula is C18H15F4N5O. The lowest BCUT2D eigenvalue weighted by Crippen LogP contribution is -2.16. The van der Waals surface area contributed by atoms with Crippen molar-refractivity contribution in [2.75, 3.05) is 11.1 Å². The molecule has 10 heteroatoms. The summed E-state index contributed by atoms with van der Waals surface area (Å²) in [6.45, 7) is 3.09. The fourth-order valence-corrected chi connectivity index (χ4v) is 2.65. The Morgan fingerprint density at radius 2 is 1.89 bits per heavy atom. The van der Waals surface area contributed by atoms with Gasteiger partial charge in [-0.3, -0.25) is 4.79 Å². The van der Waals surface area contributed by atoms with Crippen molar-refractivity contribution in [3.8, 4) is 5.69 Å². The maximum atomic E-state index is 13.8. The molecule has 1 amide bonds. The lowest BCUT2D eigenvalue weighted by molar-refractivity contribution is -0.137. The minimum absolute atomic E-state index is 0.0189. The SMILES string of the molecule is Cc1nn(-c2cccc(F)c2C)c(N)c1C(=O)Nc1ccc(C(F)(F)F)cn1. The van der Waals surface area contributed by atoms with E-state index in [1.54, 1.807) is 13.0 Å². The summed E-state index contributed by atoms with van der Waals surface area (Å²) in [5.41, 5.74) is 6.06. The van der Waals surface area contributed by atoms with Gasteiger partial charge >= 0.3 is 6.18 Å². The number of nitrogens with one attached hydrogen (secondary N) is 1. The molecule has 0 atom stereocenters. The van der Waals surface area contributed by atoms with E-state index in [1.165, 1.54) is 23.7 Å². The van der Waals surface area contributed by atoms with Crippen LogP contribution in [-0.4, -0.2) is 20.7 Å². The summed E-state index contributed by atoms with van der Waals surface area (Å²) in [6, 6.07) is 6.21. The fourth-order valence-electron chi connectivity index (χ4n) is 2.65. The molecular weight excluding hydrogens is 378 g/mol. The first-order chi connectivity index (χ1) is 13.1. The van der Waals surface area contributed by atoms with Crippen molar-refractivity contribution in [2.45, 2.75) is 20.0 Å². The number of halogens is 4. The Hall–Kier alpha value is -3.43. The van der Waals surface area contributed by atoms with Gasteiger partial charge in [0.05, 0.1) is 16.9 Å². The van der Waals surface area contributed by atoms with Crippen LogP contribution in [0.2, 0.25) is 0 Å². The molecule has 3 aromatic rings. The molecule has 0 bridgehead atoms. The zero-order chi connectivity index (χ0) is 20.6. The van der Waals surface area contributed by atoms with Gasteiger partial charge in [-0.15, -0.1) is 0 Å². The van der Waals surface area contributed by atoms with Crippen molar-refractivity contribution in [1.29, 1.82) is 0 Å². The van der Waals surface area contributed by atoms with Crippen molar-refractivity contribution < 1.29 is 22.4 Å². The van der Waals surface area contributed by atoms with Crippen molar-refractivity contribution >= 4 is 17.5 Å². The van der Waals surface area contributed by atoms with Gasteiger partial charge in [0.25, 0.3) is 5.91 Å². The largest absolute Gasteiger partial charge is 0.417 e. The Balaban J connectivity index is 1.91. The van der Waals surface area contributed by atoms with E-state index in [-0.39, 0.29) is 22.9 Å². The van der Waals surface area contributed by atoms with E-state index in [1.807, 2.05) is 0 Å². The highest BCUT2D eigenvalue weighted by atomic mass is 19.4. The van der Waals surface area contributed by atoms with Crippen LogP contribution in [0, 0.1) is 19.7 Å². The maximum absolute atomic E-state index is 13.8. The van der Waals surface area contributed by atoms with Crippen LogP contribution in [0.3, 0.4) is 0 Å². The summed E-state index contributed by atoms with van der Waals surface area (Å²) in [4.78, 5) is 16.1. The number of hydrogen-bond donors (Lipinski definition) is 2. The Labute approximate surface area is 157 Å². The Morgan fingerprint density at radius 3 is 2.50 bits per heavy atom. The fraction of sp³-hybridized carbons (Fsp3) is 0.167. The number of amides is 1. The second kappa shape index (κ2) is 6.95. The average molecular weight is 393 g/mol. The van der Waals surface area contributed by atoms with Crippen LogP contribution in [0.5, 0.6) is 0 Å². The molecule has 0 saturated heterocycles. The molecule has 3 N–H and O–H groups in total. The number of benzene rings is 1. The van der Waals surface area contributed by atoms with Gasteiger partial charge in [-0.1, -0.05) is 6.07 Å². The molecule has 0 fully saturated rings. The summed E-state index contributed by atoms with van der Waals surface area (Å²) in [6.07, 6.45) is -3.91. The van der Waals surface area contributed by atoms with E-state index in [4.69, 9.17) is 5.73 Å². The highest BCUT2D eigenvalue weighted by Gasteiger charge is 2.31. The number of alkyl halides is 3. The molecule has 0 saturated carbocycles. The average Bonchev–Trinajstić information content (AvgIpc) is 2.91. The molecule has 6 nitrogen and oxygen atoms in total. The van der Waals surface area contributed by atoms with E-state index < -0.39 is 23.5 Å². The molecule has 0 unspecified atom stereocenters. The molecule has 28 heavy (non-hydrogen) atoms. The normalized spacial score (nSPS) is 11.5. The molecule has 0 aliphatic heterocycles. The lowest BCUT2D eigenvalue weighted by atomic mass is 10.2. The number of nitrogens with zero attached hydrogens (tertiary/aromatic N) is 3. The van der Waals surface area contributed by atoms with Crippen LogP contribution in [0.25, 0.3) is 5.69 Å². The predicted octanol–water partition coefficient (Wildman–Crippen LogP) is 3.88. The van der Waals surface area contributed by atoms with E-state index in [0.29, 0.717) is 17.4 Å². The topological polar surface area (TPSA) is 85.8 Å². The van der Waals surface area contributed by atoms with E-state index in [9.17, 15) is 22.4 Å². The number of carbonyl (C=O) groups is 1. The van der Waals surface area contributed by atoms with Gasteiger partial charge in [-0.2, -0.15) is 18.3 Å². The van der Waals surface area contributed by atoms with Crippen LogP contribution in [0.1, 0.15) is 27.2 Å². The predicted molar refractivity (Wildman–Crippen MR) is 94.6 cm³/mol.